The van der Waals surface area contributed by atoms with Crippen LogP contribution in [0, 0.1) is 0 Å². The zero-order chi connectivity index (χ0) is 61.9. The van der Waals surface area contributed by atoms with Gasteiger partial charge in [0, 0.05) is 43.7 Å². The van der Waals surface area contributed by atoms with E-state index in [0.717, 1.165) is 0 Å². The molecule has 2 spiro atoms. The van der Waals surface area contributed by atoms with Gasteiger partial charge in [0.15, 0.2) is 0 Å². The normalized spacial score (nSPS) is 15.0. The maximum absolute atomic E-state index is 2.70. The second-order valence-electron chi connectivity index (χ2n) is 27.0. The first-order valence-electron chi connectivity index (χ1n) is 33.9. The Morgan fingerprint density at radius 1 is 0.223 bits per heavy atom. The third-order valence-electron chi connectivity index (χ3n) is 22.0. The zero-order valence-corrected chi connectivity index (χ0v) is 52.6. The average molecular weight is 1200 g/mol. The molecule has 0 N–H and O–H groups in total. The molecular formula is C92H68N2. The van der Waals surface area contributed by atoms with Crippen LogP contribution < -0.4 is 0 Å². The van der Waals surface area contributed by atoms with Gasteiger partial charge in [-0.2, -0.15) is 0 Å². The highest BCUT2D eigenvalue weighted by molar-refractivity contribution is 6.12. The van der Waals surface area contributed by atoms with Crippen molar-refractivity contribution in [1.82, 2.24) is 9.13 Å². The summed E-state index contributed by atoms with van der Waals surface area (Å²) < 4.78 is 4.75. The van der Waals surface area contributed by atoms with Crippen LogP contribution in [-0.2, 0) is 10.8 Å². The van der Waals surface area contributed by atoms with Gasteiger partial charge in [0.05, 0.1) is 22.1 Å². The third kappa shape index (κ3) is 8.76. The topological polar surface area (TPSA) is 9.86 Å². The zero-order valence-electron chi connectivity index (χ0n) is 52.6. The van der Waals surface area contributed by atoms with E-state index >= 15 is 0 Å². The van der Waals surface area contributed by atoms with E-state index < -0.39 is 0 Å². The Kier molecular flexibility index (Phi) is 12.7. The van der Waals surface area contributed by atoms with Crippen LogP contribution in [0.25, 0.3) is 146 Å². The molecule has 15 aromatic rings. The predicted molar refractivity (Wildman–Crippen MR) is 397 cm³/mol. The van der Waals surface area contributed by atoms with Gasteiger partial charge in [-0.3, -0.25) is 0 Å². The van der Waals surface area contributed by atoms with E-state index in [4.69, 9.17) is 0 Å². The minimum Gasteiger partial charge on any atom is -0.309 e. The molecule has 2 aromatic heterocycles. The molecule has 2 heteroatoms. The lowest BCUT2D eigenvalue weighted by molar-refractivity contribution is 0.544. The molecule has 2 saturated carbocycles. The van der Waals surface area contributed by atoms with Crippen molar-refractivity contribution in [2.24, 2.45) is 0 Å². The lowest BCUT2D eigenvalue weighted by Crippen LogP contribution is -2.22. The van der Waals surface area contributed by atoms with Crippen LogP contribution in [0.5, 0.6) is 0 Å². The van der Waals surface area contributed by atoms with E-state index in [-0.39, 0.29) is 10.8 Å². The highest BCUT2D eigenvalue weighted by Gasteiger charge is 2.50. The molecule has 0 radical (unpaired) electrons. The summed E-state index contributed by atoms with van der Waals surface area (Å²) in [6.45, 7) is 0. The molecule has 0 saturated heterocycles. The quantitative estimate of drug-likeness (QED) is 0.121. The Morgan fingerprint density at radius 3 is 0.872 bits per heavy atom. The Bertz CT molecular complexity index is 5200. The smallest absolute Gasteiger partial charge is 0.0541 e. The minimum atomic E-state index is 0.0531. The molecule has 0 unspecified atom stereocenters. The molecule has 0 aliphatic heterocycles. The highest BCUT2D eigenvalue weighted by Crippen LogP contribution is 2.63. The Morgan fingerprint density at radius 2 is 0.511 bits per heavy atom. The van der Waals surface area contributed by atoms with Crippen LogP contribution in [0.1, 0.15) is 95.9 Å². The van der Waals surface area contributed by atoms with Crippen molar-refractivity contribution >= 4 is 67.9 Å². The molecule has 446 valence electrons. The molecular weight excluding hydrogens is 1130 g/mol. The summed E-state index contributed by atoms with van der Waals surface area (Å²) in [5.41, 5.74) is 34.4. The van der Waals surface area contributed by atoms with Crippen molar-refractivity contribution in [3.63, 3.8) is 0 Å². The second kappa shape index (κ2) is 21.8. The first kappa shape index (κ1) is 54.7. The number of nitrogens with zero attached hydrogens (tertiary/aromatic N) is 2. The van der Waals surface area contributed by atoms with Gasteiger partial charge < -0.3 is 9.13 Å². The van der Waals surface area contributed by atoms with Gasteiger partial charge in [0.25, 0.3) is 0 Å². The molecule has 0 bridgehead atoms. The predicted octanol–water partition coefficient (Wildman–Crippen LogP) is 24.6. The molecule has 94 heavy (non-hydrogen) atoms. The molecule has 2 fully saturated rings. The molecule has 0 atom stereocenters. The second-order valence-corrected chi connectivity index (χ2v) is 27.0. The Hall–Kier alpha value is -11.1. The van der Waals surface area contributed by atoms with E-state index in [0.29, 0.717) is 0 Å². The van der Waals surface area contributed by atoms with Gasteiger partial charge in [-0.15, -0.1) is 0 Å². The van der Waals surface area contributed by atoms with Gasteiger partial charge in [0.2, 0.25) is 0 Å². The van der Waals surface area contributed by atoms with Crippen molar-refractivity contribution < 1.29 is 0 Å². The summed E-state index contributed by atoms with van der Waals surface area (Å²) in [6.07, 6.45) is 18.9. The fourth-order valence-corrected chi connectivity index (χ4v) is 17.4. The lowest BCUT2D eigenvalue weighted by atomic mass is 9.74. The summed E-state index contributed by atoms with van der Waals surface area (Å²) in [4.78, 5) is 0. The molecule has 4 aliphatic rings. The minimum absolute atomic E-state index is 0.0531. The SMILES string of the molecule is C(=Cc1ccc(-c2ccc3c(c2)c2ccccc2n3-c2ccccc2)cc1)c1ccc(-c2ccc3c(c2)C2(CCCC2)c2cc4c(cc2-3)C2(CCCC2)c2cc(-c3ccc(C=Cc5ccc(-c6ccc7c(c6)c6ccccc6n7-c6ccccc6)cc5)cc3)ccc2-4)cc1. The fraction of sp³-hybridized carbons (Fsp3) is 0.109. The summed E-state index contributed by atoms with van der Waals surface area (Å²) in [7, 11) is 0. The Balaban J connectivity index is 0.552. The van der Waals surface area contributed by atoms with E-state index in [2.05, 4.69) is 325 Å². The number of benzene rings is 13. The van der Waals surface area contributed by atoms with Crippen molar-refractivity contribution in [2.45, 2.75) is 62.2 Å². The monoisotopic (exact) mass is 1200 g/mol. The van der Waals surface area contributed by atoms with Crippen molar-refractivity contribution in [2.75, 3.05) is 0 Å². The Labute approximate surface area is 549 Å². The molecule has 19 rings (SSSR count). The third-order valence-corrected chi connectivity index (χ3v) is 22.0. The van der Waals surface area contributed by atoms with Gasteiger partial charge in [-0.1, -0.05) is 256 Å². The van der Waals surface area contributed by atoms with Gasteiger partial charge in [0.1, 0.15) is 0 Å². The average Bonchev–Trinajstić information content (AvgIpc) is 1.53. The largest absolute Gasteiger partial charge is 0.309 e. The van der Waals surface area contributed by atoms with E-state index in [9.17, 15) is 0 Å². The summed E-state index contributed by atoms with van der Waals surface area (Å²) in [5, 5.41) is 5.08. The van der Waals surface area contributed by atoms with Crippen LogP contribution in [0.2, 0.25) is 0 Å². The van der Waals surface area contributed by atoms with Gasteiger partial charge >= 0.3 is 0 Å². The van der Waals surface area contributed by atoms with Crippen molar-refractivity contribution in [3.05, 3.63) is 336 Å². The standard InChI is InChI=1S/C92H68N2/c1-3-15-73(16-4-1)93-87-21-9-7-19-77(87)81-55-69(45-49-89(81)93)65-35-27-61(28-36-65)23-25-63-31-39-67(40-32-63)71-43-47-75-79-59-86-80(60-85(79)91(83(75)57-71)51-11-12-52-91)76-48-44-72(58-84(76)92(86)53-13-14-54-92)68-41-33-64(34-42-68)26-24-62-29-37-66(38-30-62)70-46-50-90-82(56-70)78-20-8-10-22-88(78)94(90)74-17-5-2-6-18-74/h1-10,15-50,55-60H,11-14,51-54H2. The maximum Gasteiger partial charge on any atom is 0.0541 e. The lowest BCUT2D eigenvalue weighted by Gasteiger charge is -2.29. The highest BCUT2D eigenvalue weighted by atomic mass is 15.0. The number of fused-ring (bicyclic) bond motifs is 16. The van der Waals surface area contributed by atoms with Crippen LogP contribution in [0.3, 0.4) is 0 Å². The summed E-state index contributed by atoms with van der Waals surface area (Å²) >= 11 is 0. The van der Waals surface area contributed by atoms with Crippen LogP contribution >= 0.6 is 0 Å². The number of hydrogen-bond acceptors (Lipinski definition) is 0. The molecule has 2 heterocycles. The summed E-state index contributed by atoms with van der Waals surface area (Å²) in [6, 6.07) is 109. The molecule has 13 aromatic carbocycles. The molecule has 0 amide bonds. The van der Waals surface area contributed by atoms with E-state index in [1.807, 2.05) is 0 Å². The van der Waals surface area contributed by atoms with Gasteiger partial charge in [-0.25, -0.2) is 0 Å². The summed E-state index contributed by atoms with van der Waals surface area (Å²) in [5.74, 6) is 0. The van der Waals surface area contributed by atoms with Crippen LogP contribution in [0.4, 0.5) is 0 Å². The van der Waals surface area contributed by atoms with Crippen molar-refractivity contribution in [3.8, 4) is 78.1 Å². The first-order valence-corrected chi connectivity index (χ1v) is 33.9. The number of aromatic nitrogens is 2. The van der Waals surface area contributed by atoms with Crippen LogP contribution in [-0.4, -0.2) is 9.13 Å². The number of hydrogen-bond donors (Lipinski definition) is 0. The number of para-hydroxylation sites is 4. The van der Waals surface area contributed by atoms with E-state index in [1.54, 1.807) is 22.3 Å². The molecule has 4 aliphatic carbocycles. The fourth-order valence-electron chi connectivity index (χ4n) is 17.4. The molecule has 2 nitrogen and oxygen atoms in total. The first-order chi connectivity index (χ1) is 46.5. The maximum atomic E-state index is 2.70. The van der Waals surface area contributed by atoms with Gasteiger partial charge in [-0.05, 0) is 222 Å². The van der Waals surface area contributed by atoms with Crippen molar-refractivity contribution in [1.29, 1.82) is 0 Å². The van der Waals surface area contributed by atoms with Crippen LogP contribution in [0.15, 0.2) is 291 Å². The van der Waals surface area contributed by atoms with E-state index in [1.165, 1.54) is 195 Å². The number of rotatable bonds is 10.